The number of carboxylic acid groups (broad SMARTS) is 1. The van der Waals surface area contributed by atoms with E-state index in [9.17, 15) is 9.59 Å². The van der Waals surface area contributed by atoms with Gasteiger partial charge in [-0.25, -0.2) is 4.98 Å². The standard InChI is InChI=1S/C14H16N4O3/c19-13(5-6-18-10-15-9-17-18)16-8-12-4-2-1-3-11(12)7-14(20)21/h1-4,9-10H,5-8H2,(H,16,19)(H,20,21). The molecule has 2 N–H and O–H groups in total. The predicted molar refractivity (Wildman–Crippen MR) is 74.3 cm³/mol. The summed E-state index contributed by atoms with van der Waals surface area (Å²) in [4.78, 5) is 26.3. The van der Waals surface area contributed by atoms with Gasteiger partial charge in [-0.2, -0.15) is 5.10 Å². The number of amides is 1. The number of nitrogens with one attached hydrogen (secondary N) is 1. The highest BCUT2D eigenvalue weighted by Crippen LogP contribution is 2.09. The quantitative estimate of drug-likeness (QED) is 0.778. The molecule has 0 saturated heterocycles. The third-order valence-electron chi connectivity index (χ3n) is 2.97. The fourth-order valence-corrected chi connectivity index (χ4v) is 1.91. The van der Waals surface area contributed by atoms with Crippen molar-refractivity contribution in [3.05, 3.63) is 48.0 Å². The molecular formula is C14H16N4O3. The molecule has 1 aromatic carbocycles. The van der Waals surface area contributed by atoms with Gasteiger partial charge in [0.1, 0.15) is 12.7 Å². The maximum Gasteiger partial charge on any atom is 0.307 e. The first-order valence-corrected chi connectivity index (χ1v) is 6.53. The Kier molecular flexibility index (Phi) is 5.03. The number of carbonyl (C=O) groups excluding carboxylic acids is 1. The van der Waals surface area contributed by atoms with Crippen molar-refractivity contribution in [2.45, 2.75) is 25.9 Å². The molecule has 0 aliphatic carbocycles. The van der Waals surface area contributed by atoms with E-state index in [4.69, 9.17) is 5.11 Å². The van der Waals surface area contributed by atoms with Crippen molar-refractivity contribution in [2.24, 2.45) is 0 Å². The zero-order valence-corrected chi connectivity index (χ0v) is 11.4. The number of rotatable bonds is 7. The summed E-state index contributed by atoms with van der Waals surface area (Å²) in [6.07, 6.45) is 3.21. The van der Waals surface area contributed by atoms with Gasteiger partial charge in [-0.15, -0.1) is 0 Å². The van der Waals surface area contributed by atoms with E-state index in [2.05, 4.69) is 15.4 Å². The lowest BCUT2D eigenvalue weighted by molar-refractivity contribution is -0.136. The van der Waals surface area contributed by atoms with Gasteiger partial charge in [-0.1, -0.05) is 24.3 Å². The first kappa shape index (κ1) is 14.7. The lowest BCUT2D eigenvalue weighted by Crippen LogP contribution is -2.24. The fraction of sp³-hybridized carbons (Fsp3) is 0.286. The lowest BCUT2D eigenvalue weighted by atomic mass is 10.0. The highest BCUT2D eigenvalue weighted by atomic mass is 16.4. The molecule has 0 saturated carbocycles. The van der Waals surface area contributed by atoms with Crippen LogP contribution in [0.1, 0.15) is 17.5 Å². The second-order valence-corrected chi connectivity index (χ2v) is 4.52. The van der Waals surface area contributed by atoms with Crippen molar-refractivity contribution in [1.82, 2.24) is 20.1 Å². The Morgan fingerprint density at radius 3 is 2.67 bits per heavy atom. The zero-order chi connectivity index (χ0) is 15.1. The fourth-order valence-electron chi connectivity index (χ4n) is 1.91. The number of hydrogen-bond acceptors (Lipinski definition) is 4. The number of aliphatic carboxylic acids is 1. The van der Waals surface area contributed by atoms with Gasteiger partial charge in [0.2, 0.25) is 5.91 Å². The maximum atomic E-state index is 11.8. The molecule has 0 radical (unpaired) electrons. The van der Waals surface area contributed by atoms with Crippen LogP contribution in [0.2, 0.25) is 0 Å². The first-order chi connectivity index (χ1) is 10.1. The van der Waals surface area contributed by atoms with E-state index >= 15 is 0 Å². The third kappa shape index (κ3) is 4.72. The van der Waals surface area contributed by atoms with E-state index in [1.165, 1.54) is 6.33 Å². The van der Waals surface area contributed by atoms with Crippen LogP contribution in [-0.4, -0.2) is 31.7 Å². The molecule has 21 heavy (non-hydrogen) atoms. The van der Waals surface area contributed by atoms with Gasteiger partial charge in [0, 0.05) is 13.0 Å². The number of aromatic nitrogens is 3. The number of carbonyl (C=O) groups is 2. The minimum Gasteiger partial charge on any atom is -0.481 e. The third-order valence-corrected chi connectivity index (χ3v) is 2.97. The SMILES string of the molecule is O=C(O)Cc1ccccc1CNC(=O)CCn1cncn1. The van der Waals surface area contributed by atoms with Crippen LogP contribution in [0.5, 0.6) is 0 Å². The van der Waals surface area contributed by atoms with Crippen LogP contribution >= 0.6 is 0 Å². The molecule has 1 heterocycles. The van der Waals surface area contributed by atoms with E-state index in [1.54, 1.807) is 23.1 Å². The molecule has 0 fully saturated rings. The van der Waals surface area contributed by atoms with Gasteiger partial charge in [0.05, 0.1) is 13.0 Å². The highest BCUT2D eigenvalue weighted by Gasteiger charge is 2.08. The van der Waals surface area contributed by atoms with Gasteiger partial charge in [0.25, 0.3) is 0 Å². The summed E-state index contributed by atoms with van der Waals surface area (Å²) in [5.41, 5.74) is 1.52. The number of nitrogens with zero attached hydrogens (tertiary/aromatic N) is 3. The van der Waals surface area contributed by atoms with Gasteiger partial charge in [-0.05, 0) is 11.1 Å². The predicted octanol–water partition coefficient (Wildman–Crippen LogP) is 0.612. The van der Waals surface area contributed by atoms with Crippen molar-refractivity contribution in [3.63, 3.8) is 0 Å². The summed E-state index contributed by atoms with van der Waals surface area (Å²) < 4.78 is 1.58. The van der Waals surface area contributed by atoms with E-state index in [0.717, 1.165) is 5.56 Å². The molecule has 0 aliphatic rings. The van der Waals surface area contributed by atoms with Gasteiger partial charge in [-0.3, -0.25) is 14.3 Å². The van der Waals surface area contributed by atoms with Crippen LogP contribution in [0.25, 0.3) is 0 Å². The molecule has 1 aromatic heterocycles. The molecule has 1 amide bonds. The minimum absolute atomic E-state index is 0.0506. The number of hydrogen-bond donors (Lipinski definition) is 2. The molecule has 7 nitrogen and oxygen atoms in total. The van der Waals surface area contributed by atoms with E-state index in [0.29, 0.717) is 25.1 Å². The Morgan fingerprint density at radius 1 is 1.24 bits per heavy atom. The summed E-state index contributed by atoms with van der Waals surface area (Å²) in [6, 6.07) is 7.18. The Balaban J connectivity index is 1.84. The largest absolute Gasteiger partial charge is 0.481 e. The Labute approximate surface area is 121 Å². The van der Waals surface area contributed by atoms with Gasteiger partial charge in [0.15, 0.2) is 0 Å². The van der Waals surface area contributed by atoms with Crippen LogP contribution in [0.15, 0.2) is 36.9 Å². The van der Waals surface area contributed by atoms with Gasteiger partial charge >= 0.3 is 5.97 Å². The number of carboxylic acids is 1. The Hall–Kier alpha value is -2.70. The van der Waals surface area contributed by atoms with Crippen molar-refractivity contribution in [3.8, 4) is 0 Å². The second kappa shape index (κ2) is 7.18. The Bertz CT molecular complexity index is 610. The topological polar surface area (TPSA) is 97.1 Å². The molecule has 0 bridgehead atoms. The van der Waals surface area contributed by atoms with Crippen molar-refractivity contribution < 1.29 is 14.7 Å². The van der Waals surface area contributed by atoms with Crippen LogP contribution in [0, 0.1) is 0 Å². The average Bonchev–Trinajstić information content (AvgIpc) is 2.97. The monoisotopic (exact) mass is 288 g/mol. The average molecular weight is 288 g/mol. The van der Waals surface area contributed by atoms with Gasteiger partial charge < -0.3 is 10.4 Å². The molecule has 110 valence electrons. The number of aryl methyl sites for hydroxylation is 1. The normalized spacial score (nSPS) is 10.3. The molecule has 0 spiro atoms. The smallest absolute Gasteiger partial charge is 0.307 e. The summed E-state index contributed by atoms with van der Waals surface area (Å²) in [5.74, 6) is -1.00. The molecule has 2 rings (SSSR count). The van der Waals surface area contributed by atoms with E-state index in [1.807, 2.05) is 12.1 Å². The Morgan fingerprint density at radius 2 is 2.00 bits per heavy atom. The molecule has 7 heteroatoms. The van der Waals surface area contributed by atoms with Crippen LogP contribution in [0.3, 0.4) is 0 Å². The van der Waals surface area contributed by atoms with E-state index in [-0.39, 0.29) is 12.3 Å². The van der Waals surface area contributed by atoms with Crippen LogP contribution < -0.4 is 5.32 Å². The second-order valence-electron chi connectivity index (χ2n) is 4.52. The van der Waals surface area contributed by atoms with Crippen molar-refractivity contribution >= 4 is 11.9 Å². The van der Waals surface area contributed by atoms with Crippen LogP contribution in [0.4, 0.5) is 0 Å². The zero-order valence-electron chi connectivity index (χ0n) is 11.4. The lowest BCUT2D eigenvalue weighted by Gasteiger charge is -2.09. The molecule has 0 unspecified atom stereocenters. The summed E-state index contributed by atoms with van der Waals surface area (Å²) in [7, 11) is 0. The molecular weight excluding hydrogens is 272 g/mol. The molecule has 2 aromatic rings. The first-order valence-electron chi connectivity index (χ1n) is 6.53. The molecule has 0 aliphatic heterocycles. The van der Waals surface area contributed by atoms with Crippen molar-refractivity contribution in [1.29, 1.82) is 0 Å². The summed E-state index contributed by atoms with van der Waals surface area (Å²) in [5, 5.41) is 15.6. The summed E-state index contributed by atoms with van der Waals surface area (Å²) >= 11 is 0. The maximum absolute atomic E-state index is 11.8. The van der Waals surface area contributed by atoms with E-state index < -0.39 is 5.97 Å². The molecule has 0 atom stereocenters. The number of benzene rings is 1. The van der Waals surface area contributed by atoms with Crippen LogP contribution in [-0.2, 0) is 29.1 Å². The summed E-state index contributed by atoms with van der Waals surface area (Å²) in [6.45, 7) is 0.780. The highest BCUT2D eigenvalue weighted by molar-refractivity contribution is 5.76. The van der Waals surface area contributed by atoms with Crippen molar-refractivity contribution in [2.75, 3.05) is 0 Å². The minimum atomic E-state index is -0.889.